The minimum Gasteiger partial charge on any atom is -0.450 e. The van der Waals surface area contributed by atoms with Crippen molar-refractivity contribution in [3.05, 3.63) is 35.4 Å². The number of hydrogen-bond acceptors (Lipinski definition) is 7. The quantitative estimate of drug-likeness (QED) is 0.603. The molecule has 0 saturated heterocycles. The molecule has 0 fully saturated rings. The number of carbonyl (C=O) groups excluding carboxylic acids is 4. The van der Waals surface area contributed by atoms with Gasteiger partial charge in [0.2, 0.25) is 0 Å². The molecular formula is C12H12N2O6P2. The Labute approximate surface area is 130 Å². The van der Waals surface area contributed by atoms with Gasteiger partial charge in [0.25, 0.3) is 11.8 Å². The molecule has 3 atom stereocenters. The number of carbonyl (C=O) groups is 4. The Morgan fingerprint density at radius 3 is 2.18 bits per heavy atom. The summed E-state index contributed by atoms with van der Waals surface area (Å²) < 4.78 is 4.41. The molecule has 1 heterocycles. The summed E-state index contributed by atoms with van der Waals surface area (Å²) >= 11 is 0. The molecule has 1 aromatic carbocycles. The fourth-order valence-corrected chi connectivity index (χ4v) is 2.27. The summed E-state index contributed by atoms with van der Waals surface area (Å²) in [6.07, 6.45) is -0.413. The van der Waals surface area contributed by atoms with Crippen LogP contribution in [0.4, 0.5) is 0 Å². The van der Waals surface area contributed by atoms with Crippen molar-refractivity contribution in [2.45, 2.75) is 12.5 Å². The van der Waals surface area contributed by atoms with Gasteiger partial charge in [-0.15, -0.1) is 0 Å². The van der Waals surface area contributed by atoms with Gasteiger partial charge in [0.05, 0.1) is 27.0 Å². The lowest BCUT2D eigenvalue weighted by Crippen LogP contribution is -2.38. The number of nitrogens with zero attached hydrogens (tertiary/aromatic N) is 1. The van der Waals surface area contributed by atoms with E-state index in [1.165, 1.54) is 12.1 Å². The van der Waals surface area contributed by atoms with Gasteiger partial charge in [-0.3, -0.25) is 19.5 Å². The van der Waals surface area contributed by atoms with Crippen LogP contribution < -0.4 is 5.09 Å². The first-order valence-electron chi connectivity index (χ1n) is 6.05. The predicted octanol–water partition coefficient (Wildman–Crippen LogP) is 0.212. The number of fused-ring (bicyclic) bond motifs is 1. The Kier molecular flexibility index (Phi) is 5.19. The fourth-order valence-electron chi connectivity index (χ4n) is 1.85. The molecule has 1 aliphatic rings. The summed E-state index contributed by atoms with van der Waals surface area (Å²) in [6.45, 7) is 0. The molecule has 1 N–H and O–H groups in total. The molecule has 1 aromatic rings. The second kappa shape index (κ2) is 6.92. The Bertz CT molecular complexity index is 615. The molecule has 0 radical (unpaired) electrons. The summed E-state index contributed by atoms with van der Waals surface area (Å²) in [7, 11) is 3.83. The molecule has 0 aliphatic carbocycles. The lowest BCUT2D eigenvalue weighted by Gasteiger charge is -2.15. The average Bonchev–Trinajstić information content (AvgIpc) is 2.77. The van der Waals surface area contributed by atoms with Crippen LogP contribution in [-0.4, -0.2) is 34.9 Å². The van der Waals surface area contributed by atoms with E-state index in [2.05, 4.69) is 19.0 Å². The number of hydrogen-bond donors (Lipinski definition) is 1. The van der Waals surface area contributed by atoms with Gasteiger partial charge in [-0.2, -0.15) is 0 Å². The maximum atomic E-state index is 12.0. The molecule has 10 heteroatoms. The summed E-state index contributed by atoms with van der Waals surface area (Å²) in [4.78, 5) is 51.9. The van der Waals surface area contributed by atoms with Crippen molar-refractivity contribution in [2.75, 3.05) is 0 Å². The number of rotatable bonds is 5. The molecule has 8 nitrogen and oxygen atoms in total. The van der Waals surface area contributed by atoms with E-state index < -0.39 is 36.2 Å². The van der Waals surface area contributed by atoms with Gasteiger partial charge < -0.3 is 9.36 Å². The van der Waals surface area contributed by atoms with Crippen LogP contribution in [0.5, 0.6) is 0 Å². The predicted molar refractivity (Wildman–Crippen MR) is 80.1 cm³/mol. The Morgan fingerprint density at radius 1 is 1.18 bits per heavy atom. The van der Waals surface area contributed by atoms with Gasteiger partial charge in [-0.25, -0.2) is 4.79 Å². The highest BCUT2D eigenvalue weighted by Gasteiger charge is 2.39. The minimum atomic E-state index is -0.981. The normalized spacial score (nSPS) is 14.5. The fraction of sp³-hybridized carbons (Fsp3) is 0.167. The standard InChI is InChI=1S/C12H12N2O6P2/c15-9(5-8(13-21)12(18)20-22)19-14-10(16)6-3-1-2-4-7(6)11(14)17/h1-4,8,13H,5,21-22H2. The zero-order valence-electron chi connectivity index (χ0n) is 11.1. The second-order valence-electron chi connectivity index (χ2n) is 4.27. The molecule has 0 saturated carbocycles. The van der Waals surface area contributed by atoms with Gasteiger partial charge in [0, 0.05) is 0 Å². The third-order valence-corrected chi connectivity index (χ3v) is 3.56. The van der Waals surface area contributed by atoms with Crippen LogP contribution in [0, 0.1) is 0 Å². The smallest absolute Gasteiger partial charge is 0.335 e. The van der Waals surface area contributed by atoms with Crippen LogP contribution in [-0.2, 0) is 19.0 Å². The van der Waals surface area contributed by atoms with E-state index in [0.717, 1.165) is 0 Å². The number of hydroxylamine groups is 2. The SMILES string of the molecule is O=C(CC(NP)C(=O)OP)ON1C(=O)c2ccccc2C1=O. The van der Waals surface area contributed by atoms with Crippen LogP contribution in [0.25, 0.3) is 0 Å². The molecule has 1 aliphatic heterocycles. The molecule has 0 bridgehead atoms. The van der Waals surface area contributed by atoms with E-state index >= 15 is 0 Å². The molecule has 0 spiro atoms. The molecule has 2 rings (SSSR count). The topological polar surface area (TPSA) is 102 Å². The first-order chi connectivity index (χ1) is 10.5. The Hall–Kier alpha value is -1.88. The summed E-state index contributed by atoms with van der Waals surface area (Å²) in [5.74, 6) is -3.08. The second-order valence-corrected chi connectivity index (χ2v) is 4.84. The highest BCUT2D eigenvalue weighted by atomic mass is 31.0. The van der Waals surface area contributed by atoms with Crippen LogP contribution >= 0.6 is 18.9 Å². The maximum absolute atomic E-state index is 12.0. The van der Waals surface area contributed by atoms with E-state index in [4.69, 9.17) is 4.84 Å². The Balaban J connectivity index is 2.06. The van der Waals surface area contributed by atoms with Gasteiger partial charge >= 0.3 is 11.9 Å². The van der Waals surface area contributed by atoms with Crippen molar-refractivity contribution < 1.29 is 28.5 Å². The number of amides is 2. The van der Waals surface area contributed by atoms with Crippen LogP contribution in [0.15, 0.2) is 24.3 Å². The summed E-state index contributed by atoms with van der Waals surface area (Å²) in [5.41, 5.74) is 0.316. The van der Waals surface area contributed by atoms with Gasteiger partial charge in [0.15, 0.2) is 0 Å². The number of imide groups is 1. The number of benzene rings is 1. The molecular weight excluding hydrogens is 330 g/mol. The average molecular weight is 342 g/mol. The zero-order chi connectivity index (χ0) is 16.3. The van der Waals surface area contributed by atoms with Crippen molar-refractivity contribution in [2.24, 2.45) is 0 Å². The van der Waals surface area contributed by atoms with E-state index in [1.54, 1.807) is 21.6 Å². The van der Waals surface area contributed by atoms with Crippen molar-refractivity contribution >= 4 is 42.6 Å². The molecule has 2 amide bonds. The van der Waals surface area contributed by atoms with E-state index in [0.29, 0.717) is 5.06 Å². The minimum absolute atomic E-state index is 0.158. The summed E-state index contributed by atoms with van der Waals surface area (Å²) in [5, 5.41) is 2.88. The largest absolute Gasteiger partial charge is 0.450 e. The first-order valence-corrected chi connectivity index (χ1v) is 7.09. The summed E-state index contributed by atoms with van der Waals surface area (Å²) in [6, 6.07) is 5.13. The van der Waals surface area contributed by atoms with E-state index in [1.807, 2.05) is 0 Å². The van der Waals surface area contributed by atoms with Gasteiger partial charge in [0.1, 0.15) is 6.04 Å². The van der Waals surface area contributed by atoms with Gasteiger partial charge in [-0.05, 0) is 12.1 Å². The van der Waals surface area contributed by atoms with Crippen molar-refractivity contribution in [1.82, 2.24) is 10.2 Å². The zero-order valence-corrected chi connectivity index (χ0v) is 13.5. The molecule has 0 aromatic heterocycles. The maximum Gasteiger partial charge on any atom is 0.335 e. The third-order valence-electron chi connectivity index (χ3n) is 2.92. The van der Waals surface area contributed by atoms with Crippen molar-refractivity contribution in [3.63, 3.8) is 0 Å². The lowest BCUT2D eigenvalue weighted by atomic mass is 10.1. The first kappa shape index (κ1) is 16.5. The molecule has 22 heavy (non-hydrogen) atoms. The molecule has 3 unspecified atom stereocenters. The number of nitrogens with one attached hydrogen (secondary N) is 1. The van der Waals surface area contributed by atoms with E-state index in [9.17, 15) is 19.2 Å². The van der Waals surface area contributed by atoms with Crippen LogP contribution in [0.1, 0.15) is 27.1 Å². The Morgan fingerprint density at radius 2 is 1.73 bits per heavy atom. The monoisotopic (exact) mass is 342 g/mol. The van der Waals surface area contributed by atoms with Crippen molar-refractivity contribution in [3.8, 4) is 0 Å². The van der Waals surface area contributed by atoms with Gasteiger partial charge in [-0.1, -0.05) is 26.6 Å². The van der Waals surface area contributed by atoms with Crippen LogP contribution in [0.3, 0.4) is 0 Å². The van der Waals surface area contributed by atoms with E-state index in [-0.39, 0.29) is 11.1 Å². The highest BCUT2D eigenvalue weighted by molar-refractivity contribution is 7.14. The lowest BCUT2D eigenvalue weighted by molar-refractivity contribution is -0.170. The highest BCUT2D eigenvalue weighted by Crippen LogP contribution is 2.23. The van der Waals surface area contributed by atoms with Crippen LogP contribution in [0.2, 0.25) is 0 Å². The van der Waals surface area contributed by atoms with Crippen molar-refractivity contribution in [1.29, 1.82) is 0 Å². The third kappa shape index (κ3) is 3.14. The molecule has 116 valence electrons.